The second kappa shape index (κ2) is 3.17. The Kier molecular flexibility index (Phi) is 1.96. The molecule has 1 N–H and O–H groups in total. The van der Waals surface area contributed by atoms with Gasteiger partial charge in [0.1, 0.15) is 0 Å². The summed E-state index contributed by atoms with van der Waals surface area (Å²) < 4.78 is 1.06. The van der Waals surface area contributed by atoms with Gasteiger partial charge in [-0.2, -0.15) is 0 Å². The first-order chi connectivity index (χ1) is 6.84. The van der Waals surface area contributed by atoms with Crippen molar-refractivity contribution in [2.75, 3.05) is 13.1 Å². The molecule has 0 spiro atoms. The van der Waals surface area contributed by atoms with Crippen molar-refractivity contribution in [2.45, 2.75) is 0 Å². The number of halogens is 1. The molecule has 1 saturated heterocycles. The Morgan fingerprint density at radius 2 is 2.29 bits per heavy atom. The number of aromatic nitrogens is 1. The zero-order valence-electron chi connectivity index (χ0n) is 7.70. The van der Waals surface area contributed by atoms with Crippen molar-refractivity contribution in [3.63, 3.8) is 0 Å². The van der Waals surface area contributed by atoms with Gasteiger partial charge in [-0.1, -0.05) is 6.08 Å². The summed E-state index contributed by atoms with van der Waals surface area (Å²) in [5, 5.41) is 3.41. The molecule has 2 heterocycles. The minimum Gasteiger partial charge on any atom is -0.315 e. The number of pyridine rings is 1. The molecule has 0 saturated carbocycles. The maximum absolute atomic E-state index is 4.19. The van der Waals surface area contributed by atoms with E-state index in [0.717, 1.165) is 29.4 Å². The van der Waals surface area contributed by atoms with Crippen LogP contribution in [0.1, 0.15) is 5.56 Å². The van der Waals surface area contributed by atoms with Gasteiger partial charge in [-0.3, -0.25) is 4.98 Å². The molecule has 1 aliphatic carbocycles. The lowest BCUT2D eigenvalue weighted by atomic mass is 9.74. The van der Waals surface area contributed by atoms with Crippen LogP contribution in [0.4, 0.5) is 0 Å². The Morgan fingerprint density at radius 3 is 3.07 bits per heavy atom. The van der Waals surface area contributed by atoms with Gasteiger partial charge in [0, 0.05) is 35.9 Å². The molecule has 1 aromatic rings. The topological polar surface area (TPSA) is 24.9 Å². The fraction of sp³-hybridized carbons (Fsp3) is 0.364. The SMILES string of the molecule is Brc1cncc(C2=C[C@@H]3CNC[C@H]23)c1. The molecule has 2 aliphatic rings. The van der Waals surface area contributed by atoms with E-state index >= 15 is 0 Å². The number of nitrogens with zero attached hydrogens (tertiary/aromatic N) is 1. The zero-order valence-corrected chi connectivity index (χ0v) is 9.29. The van der Waals surface area contributed by atoms with E-state index < -0.39 is 0 Å². The summed E-state index contributed by atoms with van der Waals surface area (Å²) in [6.45, 7) is 2.28. The van der Waals surface area contributed by atoms with Crippen molar-refractivity contribution in [3.8, 4) is 0 Å². The summed E-state index contributed by atoms with van der Waals surface area (Å²) >= 11 is 3.45. The van der Waals surface area contributed by atoms with Gasteiger partial charge in [0.15, 0.2) is 0 Å². The summed E-state index contributed by atoms with van der Waals surface area (Å²) in [5.74, 6) is 1.50. The van der Waals surface area contributed by atoms with Crippen molar-refractivity contribution in [2.24, 2.45) is 11.8 Å². The smallest absolute Gasteiger partial charge is 0.0410 e. The first kappa shape index (κ1) is 8.62. The first-order valence-corrected chi connectivity index (χ1v) is 5.67. The van der Waals surface area contributed by atoms with E-state index in [1.54, 1.807) is 0 Å². The average molecular weight is 251 g/mol. The molecule has 0 unspecified atom stereocenters. The van der Waals surface area contributed by atoms with Crippen LogP contribution in [0, 0.1) is 11.8 Å². The molecule has 2 atom stereocenters. The predicted octanol–water partition coefficient (Wildman–Crippen LogP) is 2.08. The van der Waals surface area contributed by atoms with Gasteiger partial charge < -0.3 is 5.32 Å². The lowest BCUT2D eigenvalue weighted by molar-refractivity contribution is 0.564. The van der Waals surface area contributed by atoms with Crippen molar-refractivity contribution in [3.05, 3.63) is 34.6 Å². The fourth-order valence-electron chi connectivity index (χ4n) is 2.33. The monoisotopic (exact) mass is 250 g/mol. The first-order valence-electron chi connectivity index (χ1n) is 4.88. The maximum atomic E-state index is 4.19. The zero-order chi connectivity index (χ0) is 9.54. The Morgan fingerprint density at radius 1 is 1.36 bits per heavy atom. The number of rotatable bonds is 1. The highest BCUT2D eigenvalue weighted by Crippen LogP contribution is 2.42. The van der Waals surface area contributed by atoms with Crippen LogP contribution in [0.3, 0.4) is 0 Å². The number of nitrogens with one attached hydrogen (secondary N) is 1. The quantitative estimate of drug-likeness (QED) is 0.826. The van der Waals surface area contributed by atoms with E-state index in [1.807, 2.05) is 12.4 Å². The number of fused-ring (bicyclic) bond motifs is 1. The summed E-state index contributed by atoms with van der Waals surface area (Å²) in [4.78, 5) is 4.19. The van der Waals surface area contributed by atoms with Crippen LogP contribution in [0.15, 0.2) is 29.0 Å². The maximum Gasteiger partial charge on any atom is 0.0410 e. The van der Waals surface area contributed by atoms with E-state index in [2.05, 4.69) is 38.4 Å². The van der Waals surface area contributed by atoms with E-state index in [-0.39, 0.29) is 0 Å². The van der Waals surface area contributed by atoms with Crippen LogP contribution in [-0.4, -0.2) is 18.1 Å². The van der Waals surface area contributed by atoms with Crippen LogP contribution in [-0.2, 0) is 0 Å². The Hall–Kier alpha value is -0.670. The second-order valence-electron chi connectivity index (χ2n) is 3.94. The molecule has 14 heavy (non-hydrogen) atoms. The highest BCUT2D eigenvalue weighted by atomic mass is 79.9. The molecule has 72 valence electrons. The molecule has 1 aliphatic heterocycles. The van der Waals surface area contributed by atoms with Gasteiger partial charge >= 0.3 is 0 Å². The second-order valence-corrected chi connectivity index (χ2v) is 4.86. The molecule has 0 aromatic carbocycles. The number of hydrogen-bond acceptors (Lipinski definition) is 2. The third-order valence-electron chi connectivity index (χ3n) is 3.09. The van der Waals surface area contributed by atoms with Crippen LogP contribution < -0.4 is 5.32 Å². The van der Waals surface area contributed by atoms with Crippen LogP contribution in [0.25, 0.3) is 5.57 Å². The highest BCUT2D eigenvalue weighted by molar-refractivity contribution is 9.10. The fourth-order valence-corrected chi connectivity index (χ4v) is 2.70. The molecule has 0 amide bonds. The molecule has 0 bridgehead atoms. The van der Waals surface area contributed by atoms with E-state index in [0.29, 0.717) is 0 Å². The third kappa shape index (κ3) is 1.23. The van der Waals surface area contributed by atoms with Crippen molar-refractivity contribution in [1.29, 1.82) is 0 Å². The molecule has 0 radical (unpaired) electrons. The van der Waals surface area contributed by atoms with E-state index in [1.165, 1.54) is 11.1 Å². The van der Waals surface area contributed by atoms with Gasteiger partial charge in [-0.05, 0) is 39.1 Å². The summed E-state index contributed by atoms with van der Waals surface area (Å²) in [5.41, 5.74) is 2.73. The minimum absolute atomic E-state index is 0.728. The van der Waals surface area contributed by atoms with Crippen molar-refractivity contribution in [1.82, 2.24) is 10.3 Å². The molecular formula is C11H11BrN2. The predicted molar refractivity (Wildman–Crippen MR) is 59.8 cm³/mol. The van der Waals surface area contributed by atoms with Crippen molar-refractivity contribution < 1.29 is 0 Å². The summed E-state index contributed by atoms with van der Waals surface area (Å²) in [6.07, 6.45) is 6.15. The van der Waals surface area contributed by atoms with Gasteiger partial charge in [0.05, 0.1) is 0 Å². The Bertz CT molecular complexity index is 400. The van der Waals surface area contributed by atoms with Gasteiger partial charge in [0.2, 0.25) is 0 Å². The largest absolute Gasteiger partial charge is 0.315 e. The van der Waals surface area contributed by atoms with Crippen LogP contribution in [0.5, 0.6) is 0 Å². The van der Waals surface area contributed by atoms with Gasteiger partial charge in [0.25, 0.3) is 0 Å². The molecule has 1 fully saturated rings. The Balaban J connectivity index is 1.94. The molecular weight excluding hydrogens is 240 g/mol. The molecule has 2 nitrogen and oxygen atoms in total. The van der Waals surface area contributed by atoms with Gasteiger partial charge in [-0.25, -0.2) is 0 Å². The highest BCUT2D eigenvalue weighted by Gasteiger charge is 2.36. The average Bonchev–Trinajstić information content (AvgIpc) is 2.48. The third-order valence-corrected chi connectivity index (χ3v) is 3.53. The van der Waals surface area contributed by atoms with Gasteiger partial charge in [-0.15, -0.1) is 0 Å². The number of hydrogen-bond donors (Lipinski definition) is 1. The van der Waals surface area contributed by atoms with E-state index in [9.17, 15) is 0 Å². The minimum atomic E-state index is 0.728. The summed E-state index contributed by atoms with van der Waals surface area (Å²) in [7, 11) is 0. The van der Waals surface area contributed by atoms with Crippen molar-refractivity contribution >= 4 is 21.5 Å². The summed E-state index contributed by atoms with van der Waals surface area (Å²) in [6, 6.07) is 2.15. The van der Waals surface area contributed by atoms with Crippen LogP contribution >= 0.6 is 15.9 Å². The molecule has 3 rings (SSSR count). The Labute approximate surface area is 91.6 Å². The lowest BCUT2D eigenvalue weighted by Crippen LogP contribution is -2.22. The normalized spacial score (nSPS) is 29.4. The van der Waals surface area contributed by atoms with E-state index in [4.69, 9.17) is 0 Å². The standard InChI is InChI=1S/C11H11BrN2/c12-9-1-7(3-13-5-9)10-2-8-4-14-6-11(8)10/h1-3,5,8,11,14H,4,6H2/t8-,11+/m1/s1. The lowest BCUT2D eigenvalue weighted by Gasteiger charge is -2.29. The van der Waals surface area contributed by atoms with Crippen LogP contribution in [0.2, 0.25) is 0 Å². The molecule has 1 aromatic heterocycles. The molecule has 3 heteroatoms.